The third-order valence-corrected chi connectivity index (χ3v) is 4.72. The number of carboxylic acids is 1. The van der Waals surface area contributed by atoms with Crippen LogP contribution in [0.5, 0.6) is 5.75 Å². The van der Waals surface area contributed by atoms with Crippen LogP contribution in [0.4, 0.5) is 5.69 Å². The van der Waals surface area contributed by atoms with Crippen LogP contribution in [0.2, 0.25) is 5.02 Å². The zero-order valence-electron chi connectivity index (χ0n) is 14.7. The highest BCUT2D eigenvalue weighted by atomic mass is 35.5. The lowest BCUT2D eigenvalue weighted by molar-refractivity contribution is 0.0696. The molecule has 0 atom stereocenters. The lowest BCUT2D eigenvalue weighted by Crippen LogP contribution is -2.20. The zero-order chi connectivity index (χ0) is 18.5. The molecule has 5 nitrogen and oxygen atoms in total. The van der Waals surface area contributed by atoms with E-state index in [1.54, 1.807) is 19.2 Å². The van der Waals surface area contributed by atoms with Crippen molar-refractivity contribution >= 4 is 23.3 Å². The van der Waals surface area contributed by atoms with E-state index in [0.717, 1.165) is 42.0 Å². The van der Waals surface area contributed by atoms with Crippen LogP contribution in [0.25, 0.3) is 0 Å². The van der Waals surface area contributed by atoms with Gasteiger partial charge in [0.05, 0.1) is 12.2 Å². The van der Waals surface area contributed by atoms with Crippen molar-refractivity contribution in [1.29, 1.82) is 0 Å². The first-order chi connectivity index (χ1) is 12.6. The molecular formula is C20H22ClNO4. The lowest BCUT2D eigenvalue weighted by atomic mass is 10.1. The average molecular weight is 376 g/mol. The zero-order valence-corrected chi connectivity index (χ0v) is 15.5. The van der Waals surface area contributed by atoms with Gasteiger partial charge in [-0.2, -0.15) is 0 Å². The van der Waals surface area contributed by atoms with Gasteiger partial charge in [0.2, 0.25) is 0 Å². The van der Waals surface area contributed by atoms with E-state index in [9.17, 15) is 9.90 Å². The number of anilines is 1. The third-order valence-electron chi connectivity index (χ3n) is 4.49. The summed E-state index contributed by atoms with van der Waals surface area (Å²) in [6.45, 7) is 2.62. The highest BCUT2D eigenvalue weighted by Gasteiger charge is 2.24. The Hall–Kier alpha value is -2.24. The molecule has 1 aliphatic heterocycles. The Balaban J connectivity index is 1.79. The maximum atomic E-state index is 11.4. The van der Waals surface area contributed by atoms with Crippen LogP contribution >= 0.6 is 11.6 Å². The number of benzene rings is 2. The molecular weight excluding hydrogens is 354 g/mol. The first kappa shape index (κ1) is 18.5. The first-order valence-corrected chi connectivity index (χ1v) is 8.98. The summed E-state index contributed by atoms with van der Waals surface area (Å²) >= 11 is 6.18. The fourth-order valence-electron chi connectivity index (χ4n) is 3.27. The van der Waals surface area contributed by atoms with Crippen molar-refractivity contribution in [3.63, 3.8) is 0 Å². The van der Waals surface area contributed by atoms with Crippen LogP contribution in [0.3, 0.4) is 0 Å². The molecule has 0 aliphatic carbocycles. The van der Waals surface area contributed by atoms with Gasteiger partial charge in [-0.15, -0.1) is 0 Å². The number of rotatable bonds is 8. The van der Waals surface area contributed by atoms with E-state index < -0.39 is 5.97 Å². The average Bonchev–Trinajstić information content (AvgIpc) is 3.03. The van der Waals surface area contributed by atoms with Crippen molar-refractivity contribution in [2.75, 3.05) is 31.8 Å². The second-order valence-electron chi connectivity index (χ2n) is 6.23. The number of halogens is 1. The monoisotopic (exact) mass is 375 g/mol. The highest BCUT2D eigenvalue weighted by Crippen LogP contribution is 2.34. The predicted octanol–water partition coefficient (Wildman–Crippen LogP) is 4.02. The Morgan fingerprint density at radius 3 is 2.88 bits per heavy atom. The standard InChI is InChI=1S/C20H22ClNO4/c1-25-10-3-11-26-19-7-6-15(21)12-14(19)13-22-9-8-16-17(20(23)24)4-2-5-18(16)22/h2,4-7,12H,3,8-11,13H2,1H3,(H,23,24). The summed E-state index contributed by atoms with van der Waals surface area (Å²) in [6.07, 6.45) is 1.54. The number of hydrogen-bond donors (Lipinski definition) is 1. The maximum Gasteiger partial charge on any atom is 0.336 e. The van der Waals surface area contributed by atoms with E-state index in [1.165, 1.54) is 0 Å². The van der Waals surface area contributed by atoms with Crippen molar-refractivity contribution in [2.24, 2.45) is 0 Å². The Bertz CT molecular complexity index is 793. The van der Waals surface area contributed by atoms with E-state index in [0.29, 0.717) is 30.3 Å². The van der Waals surface area contributed by atoms with Gasteiger partial charge >= 0.3 is 5.97 Å². The molecule has 2 aromatic rings. The molecule has 0 unspecified atom stereocenters. The van der Waals surface area contributed by atoms with Gasteiger partial charge in [0.15, 0.2) is 0 Å². The minimum Gasteiger partial charge on any atom is -0.493 e. The molecule has 138 valence electrons. The van der Waals surface area contributed by atoms with E-state index >= 15 is 0 Å². The van der Waals surface area contributed by atoms with Gasteiger partial charge in [-0.05, 0) is 42.3 Å². The molecule has 1 aliphatic rings. The normalized spacial score (nSPS) is 12.9. The van der Waals surface area contributed by atoms with Crippen LogP contribution in [0.15, 0.2) is 36.4 Å². The fourth-order valence-corrected chi connectivity index (χ4v) is 3.46. The molecule has 6 heteroatoms. The number of methoxy groups -OCH3 is 1. The van der Waals surface area contributed by atoms with Crippen LogP contribution in [-0.2, 0) is 17.7 Å². The topological polar surface area (TPSA) is 59.0 Å². The van der Waals surface area contributed by atoms with Crippen molar-refractivity contribution in [3.05, 3.63) is 58.1 Å². The Kier molecular flexibility index (Phi) is 6.01. The number of nitrogens with zero attached hydrogens (tertiary/aromatic N) is 1. The number of carboxylic acid groups (broad SMARTS) is 1. The minimum atomic E-state index is -0.881. The van der Waals surface area contributed by atoms with Crippen LogP contribution in [0.1, 0.15) is 27.9 Å². The molecule has 1 heterocycles. The van der Waals surface area contributed by atoms with Crippen molar-refractivity contribution in [3.8, 4) is 5.75 Å². The number of hydrogen-bond acceptors (Lipinski definition) is 4. The Morgan fingerprint density at radius 2 is 2.12 bits per heavy atom. The van der Waals surface area contributed by atoms with Crippen LogP contribution in [-0.4, -0.2) is 37.9 Å². The van der Waals surface area contributed by atoms with Gasteiger partial charge in [-0.3, -0.25) is 0 Å². The summed E-state index contributed by atoms with van der Waals surface area (Å²) in [5, 5.41) is 10.0. The Labute approximate surface area is 158 Å². The number of fused-ring (bicyclic) bond motifs is 1. The second-order valence-corrected chi connectivity index (χ2v) is 6.66. The molecule has 0 amide bonds. The van der Waals surface area contributed by atoms with Crippen molar-refractivity contribution < 1.29 is 19.4 Å². The summed E-state index contributed by atoms with van der Waals surface area (Å²) in [5.74, 6) is -0.0815. The van der Waals surface area contributed by atoms with Crippen LogP contribution in [0, 0.1) is 0 Å². The van der Waals surface area contributed by atoms with Gasteiger partial charge < -0.3 is 19.5 Å². The quantitative estimate of drug-likeness (QED) is 0.706. The highest BCUT2D eigenvalue weighted by molar-refractivity contribution is 6.30. The minimum absolute atomic E-state index is 0.382. The van der Waals surface area contributed by atoms with E-state index in [-0.39, 0.29) is 0 Å². The molecule has 26 heavy (non-hydrogen) atoms. The summed E-state index contributed by atoms with van der Waals surface area (Å²) in [7, 11) is 1.67. The molecule has 2 aromatic carbocycles. The number of ether oxygens (including phenoxy) is 2. The van der Waals surface area contributed by atoms with Crippen LogP contribution < -0.4 is 9.64 Å². The Morgan fingerprint density at radius 1 is 1.27 bits per heavy atom. The second kappa shape index (κ2) is 8.43. The fraction of sp³-hybridized carbons (Fsp3) is 0.350. The third kappa shape index (κ3) is 4.11. The molecule has 0 fully saturated rings. The van der Waals surface area contributed by atoms with Gasteiger partial charge in [0.25, 0.3) is 0 Å². The van der Waals surface area contributed by atoms with Crippen molar-refractivity contribution in [1.82, 2.24) is 0 Å². The van der Waals surface area contributed by atoms with Gasteiger partial charge in [0, 0.05) is 49.5 Å². The lowest BCUT2D eigenvalue weighted by Gasteiger charge is -2.22. The van der Waals surface area contributed by atoms with E-state index in [1.807, 2.05) is 24.3 Å². The summed E-state index contributed by atoms with van der Waals surface area (Å²) in [4.78, 5) is 13.6. The van der Waals surface area contributed by atoms with Gasteiger partial charge in [-0.25, -0.2) is 4.79 Å². The summed E-state index contributed by atoms with van der Waals surface area (Å²) in [6, 6.07) is 11.0. The molecule has 0 saturated carbocycles. The molecule has 0 aromatic heterocycles. The summed E-state index contributed by atoms with van der Waals surface area (Å²) < 4.78 is 10.9. The molecule has 0 bridgehead atoms. The van der Waals surface area contributed by atoms with Crippen molar-refractivity contribution in [2.45, 2.75) is 19.4 Å². The number of carbonyl (C=O) groups is 1. The molecule has 3 rings (SSSR count). The molecule has 0 saturated heterocycles. The van der Waals surface area contributed by atoms with E-state index in [4.69, 9.17) is 21.1 Å². The van der Waals surface area contributed by atoms with Gasteiger partial charge in [-0.1, -0.05) is 17.7 Å². The molecule has 0 spiro atoms. The summed E-state index contributed by atoms with van der Waals surface area (Å²) in [5.41, 5.74) is 3.23. The molecule has 0 radical (unpaired) electrons. The first-order valence-electron chi connectivity index (χ1n) is 8.60. The van der Waals surface area contributed by atoms with Gasteiger partial charge in [0.1, 0.15) is 5.75 Å². The SMILES string of the molecule is COCCCOc1ccc(Cl)cc1CN1CCc2c(C(=O)O)cccc21. The van der Waals surface area contributed by atoms with E-state index in [2.05, 4.69) is 4.90 Å². The predicted molar refractivity (Wildman–Crippen MR) is 102 cm³/mol. The smallest absolute Gasteiger partial charge is 0.336 e. The molecule has 1 N–H and O–H groups in total. The maximum absolute atomic E-state index is 11.4. The number of aromatic carboxylic acids is 1. The largest absolute Gasteiger partial charge is 0.493 e.